The molecule has 1 aromatic rings. The second kappa shape index (κ2) is 5.04. The highest BCUT2D eigenvalue weighted by molar-refractivity contribution is 7.15. The summed E-state index contributed by atoms with van der Waals surface area (Å²) in [6.07, 6.45) is 2.71. The summed E-state index contributed by atoms with van der Waals surface area (Å²) in [5.74, 6) is 0.667. The number of aryl methyl sites for hydroxylation is 1. The van der Waals surface area contributed by atoms with Gasteiger partial charge in [0.1, 0.15) is 0 Å². The van der Waals surface area contributed by atoms with Crippen molar-refractivity contribution in [3.8, 4) is 0 Å². The standard InChI is InChI=1S/C14H23N3OS/c1-9-7-17(8-10(9)16(2)3)14-15-13-11(18)5-4-6-12(13)19-14/h9-11,18H,4-8H2,1-3H3. The smallest absolute Gasteiger partial charge is 0.185 e. The van der Waals surface area contributed by atoms with E-state index in [1.54, 1.807) is 11.3 Å². The molecule has 0 saturated carbocycles. The van der Waals surface area contributed by atoms with Gasteiger partial charge in [0.15, 0.2) is 5.13 Å². The summed E-state index contributed by atoms with van der Waals surface area (Å²) < 4.78 is 0. The van der Waals surface area contributed by atoms with Gasteiger partial charge in [0.2, 0.25) is 0 Å². The Morgan fingerprint density at radius 1 is 1.37 bits per heavy atom. The van der Waals surface area contributed by atoms with Crippen molar-refractivity contribution < 1.29 is 5.11 Å². The number of aromatic nitrogens is 1. The third-order valence-electron chi connectivity index (χ3n) is 4.42. The maximum atomic E-state index is 10.0. The van der Waals surface area contributed by atoms with Crippen molar-refractivity contribution >= 4 is 16.5 Å². The van der Waals surface area contributed by atoms with Crippen molar-refractivity contribution in [1.29, 1.82) is 0 Å². The van der Waals surface area contributed by atoms with Crippen LogP contribution in [0.25, 0.3) is 0 Å². The summed E-state index contributed by atoms with van der Waals surface area (Å²) in [4.78, 5) is 10.7. The first kappa shape index (κ1) is 13.3. The van der Waals surface area contributed by atoms with Crippen LogP contribution in [0.2, 0.25) is 0 Å². The zero-order valence-electron chi connectivity index (χ0n) is 12.0. The van der Waals surface area contributed by atoms with E-state index in [4.69, 9.17) is 4.98 Å². The number of aliphatic hydroxyl groups excluding tert-OH is 1. The molecule has 106 valence electrons. The number of hydrogen-bond acceptors (Lipinski definition) is 5. The van der Waals surface area contributed by atoms with Crippen molar-refractivity contribution in [2.45, 2.75) is 38.3 Å². The molecule has 1 aliphatic heterocycles. The van der Waals surface area contributed by atoms with Crippen LogP contribution in [0.15, 0.2) is 0 Å². The van der Waals surface area contributed by atoms with E-state index >= 15 is 0 Å². The average Bonchev–Trinajstić information content (AvgIpc) is 2.93. The van der Waals surface area contributed by atoms with E-state index in [-0.39, 0.29) is 6.10 Å². The van der Waals surface area contributed by atoms with Gasteiger partial charge < -0.3 is 14.9 Å². The highest BCUT2D eigenvalue weighted by Gasteiger charge is 2.33. The summed E-state index contributed by atoms with van der Waals surface area (Å²) in [5, 5.41) is 11.1. The van der Waals surface area contributed by atoms with E-state index in [0.29, 0.717) is 12.0 Å². The molecule has 0 aromatic carbocycles. The van der Waals surface area contributed by atoms with Crippen LogP contribution in [0.3, 0.4) is 0 Å². The summed E-state index contributed by atoms with van der Waals surface area (Å²) in [6, 6.07) is 0.603. The normalized spacial score (nSPS) is 31.0. The fraction of sp³-hybridized carbons (Fsp3) is 0.786. The van der Waals surface area contributed by atoms with Crippen LogP contribution in [0.4, 0.5) is 5.13 Å². The van der Waals surface area contributed by atoms with Crippen LogP contribution >= 0.6 is 11.3 Å². The van der Waals surface area contributed by atoms with E-state index in [2.05, 4.69) is 30.8 Å². The van der Waals surface area contributed by atoms with Crippen molar-refractivity contribution in [2.24, 2.45) is 5.92 Å². The molecule has 1 fully saturated rings. The molecule has 3 atom stereocenters. The van der Waals surface area contributed by atoms with Gasteiger partial charge in [0.25, 0.3) is 0 Å². The molecular formula is C14H23N3OS. The Hall–Kier alpha value is -0.650. The Morgan fingerprint density at radius 2 is 2.16 bits per heavy atom. The van der Waals surface area contributed by atoms with E-state index in [1.807, 2.05) is 0 Å². The Bertz CT molecular complexity index is 460. The van der Waals surface area contributed by atoms with Crippen molar-refractivity contribution in [2.75, 3.05) is 32.1 Å². The van der Waals surface area contributed by atoms with Crippen LogP contribution in [0.1, 0.15) is 36.4 Å². The molecule has 1 saturated heterocycles. The van der Waals surface area contributed by atoms with E-state index < -0.39 is 0 Å². The molecule has 1 aromatic heterocycles. The van der Waals surface area contributed by atoms with Gasteiger partial charge in [-0.2, -0.15) is 0 Å². The molecule has 2 heterocycles. The predicted molar refractivity (Wildman–Crippen MR) is 78.9 cm³/mol. The maximum absolute atomic E-state index is 10.0. The summed E-state index contributed by atoms with van der Waals surface area (Å²) in [7, 11) is 4.31. The fourth-order valence-electron chi connectivity index (χ4n) is 3.30. The number of anilines is 1. The molecular weight excluding hydrogens is 258 g/mol. The molecule has 0 spiro atoms. The number of thiazole rings is 1. The lowest BCUT2D eigenvalue weighted by molar-refractivity contribution is 0.153. The third-order valence-corrected chi connectivity index (χ3v) is 5.61. The molecule has 2 aliphatic rings. The lowest BCUT2D eigenvalue weighted by Crippen LogP contribution is -2.34. The Kier molecular flexibility index (Phi) is 3.53. The zero-order valence-corrected chi connectivity index (χ0v) is 12.8. The molecule has 0 bridgehead atoms. The second-order valence-electron chi connectivity index (χ2n) is 6.13. The van der Waals surface area contributed by atoms with E-state index in [9.17, 15) is 5.11 Å². The van der Waals surface area contributed by atoms with E-state index in [1.165, 1.54) is 4.88 Å². The predicted octanol–water partition coefficient (Wildman–Crippen LogP) is 1.90. The molecule has 19 heavy (non-hydrogen) atoms. The Labute approximate surface area is 119 Å². The number of likely N-dealkylation sites (N-methyl/N-ethyl adjacent to an activating group) is 1. The molecule has 0 radical (unpaired) electrons. The van der Waals surface area contributed by atoms with Gasteiger partial charge in [-0.15, -0.1) is 11.3 Å². The van der Waals surface area contributed by atoms with Gasteiger partial charge in [-0.05, 0) is 39.3 Å². The van der Waals surface area contributed by atoms with Crippen LogP contribution in [0, 0.1) is 5.92 Å². The van der Waals surface area contributed by atoms with Gasteiger partial charge in [0.05, 0.1) is 11.8 Å². The van der Waals surface area contributed by atoms with Crippen molar-refractivity contribution in [1.82, 2.24) is 9.88 Å². The lowest BCUT2D eigenvalue weighted by atomic mass is 10.0. The van der Waals surface area contributed by atoms with Gasteiger partial charge in [0, 0.05) is 24.0 Å². The number of hydrogen-bond donors (Lipinski definition) is 1. The summed E-state index contributed by atoms with van der Waals surface area (Å²) in [5.41, 5.74) is 0.951. The number of rotatable bonds is 2. The van der Waals surface area contributed by atoms with Crippen molar-refractivity contribution in [3.05, 3.63) is 10.6 Å². The minimum atomic E-state index is -0.335. The van der Waals surface area contributed by atoms with Gasteiger partial charge in [-0.3, -0.25) is 0 Å². The highest BCUT2D eigenvalue weighted by Crippen LogP contribution is 2.38. The largest absolute Gasteiger partial charge is 0.387 e. The summed E-state index contributed by atoms with van der Waals surface area (Å²) >= 11 is 1.79. The van der Waals surface area contributed by atoms with E-state index in [0.717, 1.165) is 43.2 Å². The number of nitrogens with zero attached hydrogens (tertiary/aromatic N) is 3. The minimum absolute atomic E-state index is 0.335. The van der Waals surface area contributed by atoms with Crippen LogP contribution < -0.4 is 4.90 Å². The monoisotopic (exact) mass is 281 g/mol. The molecule has 1 N–H and O–H groups in total. The van der Waals surface area contributed by atoms with Crippen LogP contribution in [-0.2, 0) is 6.42 Å². The molecule has 3 unspecified atom stereocenters. The summed E-state index contributed by atoms with van der Waals surface area (Å²) in [6.45, 7) is 4.44. The fourth-order valence-corrected chi connectivity index (χ4v) is 4.47. The first-order valence-electron chi connectivity index (χ1n) is 7.15. The first-order valence-corrected chi connectivity index (χ1v) is 7.97. The topological polar surface area (TPSA) is 39.6 Å². The van der Waals surface area contributed by atoms with Crippen LogP contribution in [0.5, 0.6) is 0 Å². The van der Waals surface area contributed by atoms with Crippen molar-refractivity contribution in [3.63, 3.8) is 0 Å². The Balaban J connectivity index is 1.81. The number of aliphatic hydroxyl groups is 1. The zero-order chi connectivity index (χ0) is 13.6. The molecule has 1 aliphatic carbocycles. The van der Waals surface area contributed by atoms with Gasteiger partial charge >= 0.3 is 0 Å². The van der Waals surface area contributed by atoms with Gasteiger partial charge in [-0.25, -0.2) is 4.98 Å². The van der Waals surface area contributed by atoms with Gasteiger partial charge in [-0.1, -0.05) is 6.92 Å². The Morgan fingerprint density at radius 3 is 2.79 bits per heavy atom. The third kappa shape index (κ3) is 2.39. The quantitative estimate of drug-likeness (QED) is 0.899. The molecule has 3 rings (SSSR count). The maximum Gasteiger partial charge on any atom is 0.185 e. The SMILES string of the molecule is CC1CN(c2nc3c(s2)CCCC3O)CC1N(C)C. The first-order chi connectivity index (χ1) is 9.06. The average molecular weight is 281 g/mol. The number of fused-ring (bicyclic) bond motifs is 1. The lowest BCUT2D eigenvalue weighted by Gasteiger charge is -2.22. The molecule has 5 heteroatoms. The second-order valence-corrected chi connectivity index (χ2v) is 7.19. The molecule has 4 nitrogen and oxygen atoms in total. The highest BCUT2D eigenvalue weighted by atomic mass is 32.1. The molecule has 0 amide bonds. The van der Waals surface area contributed by atoms with Crippen LogP contribution in [-0.4, -0.2) is 48.2 Å². The minimum Gasteiger partial charge on any atom is -0.387 e.